The van der Waals surface area contributed by atoms with Crippen molar-refractivity contribution >= 4 is 23.4 Å². The van der Waals surface area contributed by atoms with Crippen LogP contribution in [0.4, 0.5) is 5.69 Å². The zero-order valence-electron chi connectivity index (χ0n) is 19.1. The molecule has 33 heavy (non-hydrogen) atoms. The highest BCUT2D eigenvalue weighted by Gasteiger charge is 2.15. The highest BCUT2D eigenvalue weighted by molar-refractivity contribution is 6.04. The highest BCUT2D eigenvalue weighted by atomic mass is 16.5. The Morgan fingerprint density at radius 3 is 1.52 bits per heavy atom. The summed E-state index contributed by atoms with van der Waals surface area (Å²) in [5.74, 6) is -0.538. The number of benzene rings is 3. The summed E-state index contributed by atoms with van der Waals surface area (Å²) < 4.78 is 5.05. The van der Waals surface area contributed by atoms with E-state index in [-0.39, 0.29) is 11.3 Å². The van der Waals surface area contributed by atoms with Gasteiger partial charge in [0.25, 0.3) is 17.7 Å². The highest BCUT2D eigenvalue weighted by Crippen LogP contribution is 2.22. The number of nitrogens with one attached hydrogen (secondary N) is 3. The van der Waals surface area contributed by atoms with E-state index in [1.165, 1.54) is 7.11 Å². The standard InChI is InChI=1S/C26H27N3O4/c1-26(2,3)20-11-5-17(6-12-20)23(30)27-21-13-7-18(8-14-21)24(31)28-29-25(32)19-9-15-22(33-4)16-10-19/h5-16H,1-4H3,(H,27,30)(H,28,31)(H,29,32). The Morgan fingerprint density at radius 1 is 0.636 bits per heavy atom. The Bertz CT molecular complexity index is 1130. The van der Waals surface area contributed by atoms with Gasteiger partial charge in [-0.05, 0) is 71.6 Å². The zero-order valence-corrected chi connectivity index (χ0v) is 19.1. The molecule has 3 rings (SSSR count). The van der Waals surface area contributed by atoms with E-state index in [2.05, 4.69) is 36.9 Å². The van der Waals surface area contributed by atoms with Gasteiger partial charge < -0.3 is 10.1 Å². The van der Waals surface area contributed by atoms with Gasteiger partial charge >= 0.3 is 0 Å². The second kappa shape index (κ2) is 9.99. The number of amides is 3. The van der Waals surface area contributed by atoms with Crippen LogP contribution in [-0.2, 0) is 5.41 Å². The quantitative estimate of drug-likeness (QED) is 0.510. The predicted molar refractivity (Wildman–Crippen MR) is 127 cm³/mol. The molecule has 0 heterocycles. The summed E-state index contributed by atoms with van der Waals surface area (Å²) in [5.41, 5.74) is 7.71. The molecular weight excluding hydrogens is 418 g/mol. The maximum Gasteiger partial charge on any atom is 0.269 e. The molecule has 3 aromatic carbocycles. The predicted octanol–water partition coefficient (Wildman–Crippen LogP) is 4.32. The summed E-state index contributed by atoms with van der Waals surface area (Å²) in [5, 5.41) is 2.81. The smallest absolute Gasteiger partial charge is 0.269 e. The van der Waals surface area contributed by atoms with Crippen LogP contribution >= 0.6 is 0 Å². The number of carbonyl (C=O) groups is 3. The van der Waals surface area contributed by atoms with Crippen molar-refractivity contribution in [2.75, 3.05) is 12.4 Å². The van der Waals surface area contributed by atoms with Gasteiger partial charge in [-0.3, -0.25) is 25.2 Å². The molecule has 170 valence electrons. The maximum absolute atomic E-state index is 12.5. The SMILES string of the molecule is COc1ccc(C(=O)NNC(=O)c2ccc(NC(=O)c3ccc(C(C)(C)C)cc3)cc2)cc1. The van der Waals surface area contributed by atoms with Gasteiger partial charge in [-0.25, -0.2) is 0 Å². The van der Waals surface area contributed by atoms with Crippen LogP contribution in [0.25, 0.3) is 0 Å². The Balaban J connectivity index is 1.55. The molecule has 0 radical (unpaired) electrons. The summed E-state index contributed by atoms with van der Waals surface area (Å²) in [7, 11) is 1.54. The van der Waals surface area contributed by atoms with Crippen molar-refractivity contribution in [2.45, 2.75) is 26.2 Å². The largest absolute Gasteiger partial charge is 0.497 e. The van der Waals surface area contributed by atoms with Crippen molar-refractivity contribution in [3.8, 4) is 5.75 Å². The molecule has 0 aromatic heterocycles. The van der Waals surface area contributed by atoms with Crippen molar-refractivity contribution in [3.63, 3.8) is 0 Å². The Hall–Kier alpha value is -4.13. The Labute approximate surface area is 193 Å². The molecule has 0 atom stereocenters. The van der Waals surface area contributed by atoms with Crippen molar-refractivity contribution in [1.82, 2.24) is 10.9 Å². The molecule has 0 aliphatic heterocycles. The van der Waals surface area contributed by atoms with Gasteiger partial charge in [-0.1, -0.05) is 32.9 Å². The molecule has 3 N–H and O–H groups in total. The fourth-order valence-electron chi connectivity index (χ4n) is 3.03. The van der Waals surface area contributed by atoms with E-state index >= 15 is 0 Å². The van der Waals surface area contributed by atoms with E-state index in [1.807, 2.05) is 12.1 Å². The molecule has 0 saturated heterocycles. The number of hydrogen-bond donors (Lipinski definition) is 3. The molecule has 0 saturated carbocycles. The zero-order chi connectivity index (χ0) is 24.0. The third-order valence-electron chi connectivity index (χ3n) is 5.06. The third-order valence-corrected chi connectivity index (χ3v) is 5.06. The van der Waals surface area contributed by atoms with E-state index < -0.39 is 11.8 Å². The number of ether oxygens (including phenoxy) is 1. The fourth-order valence-corrected chi connectivity index (χ4v) is 3.03. The normalized spacial score (nSPS) is 10.8. The topological polar surface area (TPSA) is 96.5 Å². The molecular formula is C26H27N3O4. The number of hydrazine groups is 1. The van der Waals surface area contributed by atoms with Crippen LogP contribution < -0.4 is 20.9 Å². The molecule has 0 aliphatic rings. The molecule has 3 aromatic rings. The van der Waals surface area contributed by atoms with Crippen molar-refractivity contribution in [2.24, 2.45) is 0 Å². The molecule has 0 spiro atoms. The van der Waals surface area contributed by atoms with Gasteiger partial charge in [0, 0.05) is 22.4 Å². The lowest BCUT2D eigenvalue weighted by Crippen LogP contribution is -2.41. The monoisotopic (exact) mass is 445 g/mol. The second-order valence-electron chi connectivity index (χ2n) is 8.50. The van der Waals surface area contributed by atoms with E-state index in [0.29, 0.717) is 28.1 Å². The van der Waals surface area contributed by atoms with Crippen LogP contribution in [0.5, 0.6) is 5.75 Å². The summed E-state index contributed by atoms with van der Waals surface area (Å²) in [4.78, 5) is 37.0. The van der Waals surface area contributed by atoms with Crippen LogP contribution in [0.2, 0.25) is 0 Å². The Morgan fingerprint density at radius 2 is 1.06 bits per heavy atom. The minimum Gasteiger partial charge on any atom is -0.497 e. The van der Waals surface area contributed by atoms with Crippen molar-refractivity contribution in [1.29, 1.82) is 0 Å². The average Bonchev–Trinajstić information content (AvgIpc) is 2.82. The van der Waals surface area contributed by atoms with Gasteiger partial charge in [0.15, 0.2) is 0 Å². The summed E-state index contributed by atoms with van der Waals surface area (Å²) in [6.07, 6.45) is 0. The van der Waals surface area contributed by atoms with Crippen LogP contribution in [-0.4, -0.2) is 24.8 Å². The van der Waals surface area contributed by atoms with E-state index in [1.54, 1.807) is 60.7 Å². The van der Waals surface area contributed by atoms with Crippen LogP contribution in [0, 0.1) is 0 Å². The molecule has 7 heteroatoms. The molecule has 0 fully saturated rings. The van der Waals surface area contributed by atoms with Crippen LogP contribution in [0.15, 0.2) is 72.8 Å². The number of hydrogen-bond acceptors (Lipinski definition) is 4. The molecule has 7 nitrogen and oxygen atoms in total. The lowest BCUT2D eigenvalue weighted by atomic mass is 9.87. The lowest BCUT2D eigenvalue weighted by Gasteiger charge is -2.19. The van der Waals surface area contributed by atoms with Gasteiger partial charge in [-0.15, -0.1) is 0 Å². The first-order valence-electron chi connectivity index (χ1n) is 10.4. The first-order valence-corrected chi connectivity index (χ1v) is 10.4. The van der Waals surface area contributed by atoms with Crippen molar-refractivity contribution in [3.05, 3.63) is 95.1 Å². The number of carbonyl (C=O) groups excluding carboxylic acids is 3. The minimum absolute atomic E-state index is 0.0134. The van der Waals surface area contributed by atoms with Crippen LogP contribution in [0.3, 0.4) is 0 Å². The minimum atomic E-state index is -0.479. The summed E-state index contributed by atoms with van der Waals surface area (Å²) in [6.45, 7) is 6.35. The average molecular weight is 446 g/mol. The number of methoxy groups -OCH3 is 1. The van der Waals surface area contributed by atoms with E-state index in [4.69, 9.17) is 4.74 Å². The lowest BCUT2D eigenvalue weighted by molar-refractivity contribution is 0.0846. The summed E-state index contributed by atoms with van der Waals surface area (Å²) >= 11 is 0. The van der Waals surface area contributed by atoms with Crippen LogP contribution in [0.1, 0.15) is 57.4 Å². The molecule has 0 aliphatic carbocycles. The second-order valence-corrected chi connectivity index (χ2v) is 8.50. The molecule has 0 bridgehead atoms. The Kier molecular flexibility index (Phi) is 7.13. The number of rotatable bonds is 5. The summed E-state index contributed by atoms with van der Waals surface area (Å²) in [6, 6.07) is 20.4. The van der Waals surface area contributed by atoms with Crippen molar-refractivity contribution < 1.29 is 19.1 Å². The van der Waals surface area contributed by atoms with Gasteiger partial charge in [-0.2, -0.15) is 0 Å². The first-order chi connectivity index (χ1) is 15.7. The molecule has 0 unspecified atom stereocenters. The van der Waals surface area contributed by atoms with E-state index in [0.717, 1.165) is 5.56 Å². The fraction of sp³-hybridized carbons (Fsp3) is 0.192. The van der Waals surface area contributed by atoms with Gasteiger partial charge in [0.2, 0.25) is 0 Å². The van der Waals surface area contributed by atoms with Gasteiger partial charge in [0.1, 0.15) is 5.75 Å². The van der Waals surface area contributed by atoms with E-state index in [9.17, 15) is 14.4 Å². The van der Waals surface area contributed by atoms with Gasteiger partial charge in [0.05, 0.1) is 7.11 Å². The first kappa shape index (κ1) is 23.5. The molecule has 3 amide bonds. The third kappa shape index (κ3) is 6.20. The number of anilines is 1. The maximum atomic E-state index is 12.5.